The largest absolute Gasteiger partial charge is 0.371 e. The SMILES string of the molecule is Cc1cc(N2CCC(c3noc(C4CC4)n3)CC2)c2cccc(F)c2n1. The van der Waals surface area contributed by atoms with Gasteiger partial charge in [0.15, 0.2) is 5.82 Å². The lowest BCUT2D eigenvalue weighted by Crippen LogP contribution is -2.33. The molecule has 2 aliphatic rings. The van der Waals surface area contributed by atoms with E-state index in [0.29, 0.717) is 17.4 Å². The Balaban J connectivity index is 1.38. The molecule has 3 aromatic rings. The highest BCUT2D eigenvalue weighted by Crippen LogP contribution is 2.40. The Morgan fingerprint density at radius 2 is 1.88 bits per heavy atom. The minimum atomic E-state index is -0.262. The lowest BCUT2D eigenvalue weighted by Gasteiger charge is -2.33. The third kappa shape index (κ3) is 2.73. The van der Waals surface area contributed by atoms with Gasteiger partial charge in [-0.25, -0.2) is 9.37 Å². The van der Waals surface area contributed by atoms with Crippen molar-refractivity contribution in [2.75, 3.05) is 18.0 Å². The van der Waals surface area contributed by atoms with Gasteiger partial charge < -0.3 is 9.42 Å². The predicted octanol–water partition coefficient (Wildman–Crippen LogP) is 4.33. The van der Waals surface area contributed by atoms with Crippen LogP contribution in [0.3, 0.4) is 0 Å². The molecule has 2 fully saturated rings. The fourth-order valence-electron chi connectivity index (χ4n) is 3.87. The smallest absolute Gasteiger partial charge is 0.229 e. The molecule has 6 heteroatoms. The molecule has 5 rings (SSSR count). The van der Waals surface area contributed by atoms with Crippen molar-refractivity contribution in [3.8, 4) is 0 Å². The van der Waals surface area contributed by atoms with Crippen LogP contribution in [-0.2, 0) is 0 Å². The summed E-state index contributed by atoms with van der Waals surface area (Å²) in [5, 5.41) is 5.09. The Labute approximate surface area is 151 Å². The fraction of sp³-hybridized carbons (Fsp3) is 0.450. The van der Waals surface area contributed by atoms with E-state index in [1.807, 2.05) is 13.0 Å². The Kier molecular flexibility index (Phi) is 3.65. The molecule has 1 saturated heterocycles. The highest BCUT2D eigenvalue weighted by Gasteiger charge is 2.32. The van der Waals surface area contributed by atoms with Gasteiger partial charge >= 0.3 is 0 Å². The number of anilines is 1. The van der Waals surface area contributed by atoms with Crippen LogP contribution in [0.2, 0.25) is 0 Å². The van der Waals surface area contributed by atoms with E-state index in [0.717, 1.165) is 54.4 Å². The van der Waals surface area contributed by atoms with Crippen LogP contribution in [0.5, 0.6) is 0 Å². The third-order valence-corrected chi connectivity index (χ3v) is 5.48. The van der Waals surface area contributed by atoms with E-state index >= 15 is 0 Å². The average molecular weight is 352 g/mol. The summed E-state index contributed by atoms with van der Waals surface area (Å²) >= 11 is 0. The van der Waals surface area contributed by atoms with Crippen molar-refractivity contribution in [3.05, 3.63) is 47.5 Å². The third-order valence-electron chi connectivity index (χ3n) is 5.48. The molecule has 0 unspecified atom stereocenters. The first kappa shape index (κ1) is 15.7. The first-order valence-corrected chi connectivity index (χ1v) is 9.33. The van der Waals surface area contributed by atoms with E-state index in [9.17, 15) is 4.39 Å². The number of fused-ring (bicyclic) bond motifs is 1. The number of benzene rings is 1. The van der Waals surface area contributed by atoms with E-state index in [1.165, 1.54) is 18.9 Å². The van der Waals surface area contributed by atoms with Crippen LogP contribution in [0.15, 0.2) is 28.8 Å². The number of para-hydroxylation sites is 1. The molecule has 5 nitrogen and oxygen atoms in total. The van der Waals surface area contributed by atoms with Gasteiger partial charge in [0.25, 0.3) is 0 Å². The van der Waals surface area contributed by atoms with Crippen molar-refractivity contribution >= 4 is 16.6 Å². The van der Waals surface area contributed by atoms with E-state index in [2.05, 4.69) is 26.1 Å². The summed E-state index contributed by atoms with van der Waals surface area (Å²) in [6.45, 7) is 3.71. The maximum atomic E-state index is 14.2. The van der Waals surface area contributed by atoms with Crippen molar-refractivity contribution in [1.82, 2.24) is 15.1 Å². The van der Waals surface area contributed by atoms with Gasteiger partial charge in [-0.2, -0.15) is 4.98 Å². The molecule has 1 aromatic carbocycles. The van der Waals surface area contributed by atoms with Crippen LogP contribution in [-0.4, -0.2) is 28.2 Å². The Morgan fingerprint density at radius 3 is 2.65 bits per heavy atom. The lowest BCUT2D eigenvalue weighted by atomic mass is 9.95. The van der Waals surface area contributed by atoms with E-state index < -0.39 is 0 Å². The van der Waals surface area contributed by atoms with Gasteiger partial charge in [0.1, 0.15) is 11.3 Å². The number of pyridine rings is 1. The standard InChI is InChI=1S/C20H21FN4O/c1-12-11-17(15-3-2-4-16(21)18(15)22-12)25-9-7-13(8-10-25)19-23-20(26-24-19)14-5-6-14/h2-4,11,13-14H,5-10H2,1H3. The van der Waals surface area contributed by atoms with Gasteiger partial charge in [0.05, 0.1) is 0 Å². The first-order valence-electron chi connectivity index (χ1n) is 9.33. The summed E-state index contributed by atoms with van der Waals surface area (Å²) in [6, 6.07) is 7.23. The summed E-state index contributed by atoms with van der Waals surface area (Å²) in [6.07, 6.45) is 4.29. The zero-order chi connectivity index (χ0) is 17.7. The quantitative estimate of drug-likeness (QED) is 0.702. The summed E-state index contributed by atoms with van der Waals surface area (Å²) in [7, 11) is 0. The average Bonchev–Trinajstić information content (AvgIpc) is 3.39. The van der Waals surface area contributed by atoms with Crippen molar-refractivity contribution in [2.24, 2.45) is 0 Å². The second-order valence-electron chi connectivity index (χ2n) is 7.45. The molecule has 0 radical (unpaired) electrons. The van der Waals surface area contributed by atoms with Gasteiger partial charge in [-0.15, -0.1) is 0 Å². The molecule has 0 amide bonds. The van der Waals surface area contributed by atoms with Gasteiger partial charge in [-0.3, -0.25) is 0 Å². The Morgan fingerprint density at radius 1 is 1.08 bits per heavy atom. The lowest BCUT2D eigenvalue weighted by molar-refractivity contribution is 0.365. The van der Waals surface area contributed by atoms with Gasteiger partial charge in [0, 0.05) is 41.7 Å². The maximum absolute atomic E-state index is 14.2. The molecular formula is C20H21FN4O. The highest BCUT2D eigenvalue weighted by molar-refractivity contribution is 5.92. The number of aryl methyl sites for hydroxylation is 1. The van der Waals surface area contributed by atoms with Crippen molar-refractivity contribution in [3.63, 3.8) is 0 Å². The second-order valence-corrected chi connectivity index (χ2v) is 7.45. The topological polar surface area (TPSA) is 55.1 Å². The summed E-state index contributed by atoms with van der Waals surface area (Å²) in [5.74, 6) is 2.24. The van der Waals surface area contributed by atoms with Crippen molar-refractivity contribution < 1.29 is 8.91 Å². The van der Waals surface area contributed by atoms with Crippen LogP contribution < -0.4 is 4.90 Å². The second kappa shape index (κ2) is 6.04. The molecule has 0 bridgehead atoms. The summed E-state index contributed by atoms with van der Waals surface area (Å²) in [4.78, 5) is 11.3. The van der Waals surface area contributed by atoms with Crippen LogP contribution in [0.25, 0.3) is 10.9 Å². The highest BCUT2D eigenvalue weighted by atomic mass is 19.1. The fourth-order valence-corrected chi connectivity index (χ4v) is 3.87. The van der Waals surface area contributed by atoms with Crippen molar-refractivity contribution in [2.45, 2.75) is 44.4 Å². The molecular weight excluding hydrogens is 331 g/mol. The summed E-state index contributed by atoms with van der Waals surface area (Å²) < 4.78 is 19.6. The van der Waals surface area contributed by atoms with Gasteiger partial charge in [0.2, 0.25) is 5.89 Å². The number of hydrogen-bond donors (Lipinski definition) is 0. The zero-order valence-electron chi connectivity index (χ0n) is 14.8. The number of rotatable bonds is 3. The molecule has 1 aliphatic carbocycles. The minimum Gasteiger partial charge on any atom is -0.371 e. The number of hydrogen-bond acceptors (Lipinski definition) is 5. The normalized spacial score (nSPS) is 18.6. The monoisotopic (exact) mass is 352 g/mol. The Bertz CT molecular complexity index is 958. The molecule has 26 heavy (non-hydrogen) atoms. The zero-order valence-corrected chi connectivity index (χ0v) is 14.8. The Hall–Kier alpha value is -2.50. The minimum absolute atomic E-state index is 0.262. The van der Waals surface area contributed by atoms with Crippen LogP contribution in [0, 0.1) is 12.7 Å². The predicted molar refractivity (Wildman–Crippen MR) is 96.9 cm³/mol. The molecule has 2 aromatic heterocycles. The van der Waals surface area contributed by atoms with Crippen LogP contribution >= 0.6 is 0 Å². The maximum Gasteiger partial charge on any atom is 0.229 e. The molecule has 1 aliphatic heterocycles. The first-order chi connectivity index (χ1) is 12.7. The number of nitrogens with zero attached hydrogens (tertiary/aromatic N) is 4. The van der Waals surface area contributed by atoms with E-state index in [4.69, 9.17) is 4.52 Å². The molecule has 0 spiro atoms. The van der Waals surface area contributed by atoms with Gasteiger partial charge in [-0.1, -0.05) is 17.3 Å². The molecule has 1 saturated carbocycles. The van der Waals surface area contributed by atoms with Crippen LogP contribution in [0.1, 0.15) is 54.9 Å². The van der Waals surface area contributed by atoms with Gasteiger partial charge in [-0.05, 0) is 44.7 Å². The molecule has 134 valence electrons. The van der Waals surface area contributed by atoms with Crippen molar-refractivity contribution in [1.29, 1.82) is 0 Å². The number of halogens is 1. The number of aromatic nitrogens is 3. The number of piperidine rings is 1. The molecule has 0 N–H and O–H groups in total. The van der Waals surface area contributed by atoms with E-state index in [1.54, 1.807) is 6.07 Å². The molecule has 3 heterocycles. The molecule has 0 atom stereocenters. The van der Waals surface area contributed by atoms with Crippen LogP contribution in [0.4, 0.5) is 10.1 Å². The summed E-state index contributed by atoms with van der Waals surface area (Å²) in [5.41, 5.74) is 2.36. The van der Waals surface area contributed by atoms with E-state index in [-0.39, 0.29) is 5.82 Å².